The molecule has 2 nitrogen and oxygen atoms in total. The van der Waals surface area contributed by atoms with Crippen molar-refractivity contribution in [3.63, 3.8) is 0 Å². The summed E-state index contributed by atoms with van der Waals surface area (Å²) in [6.07, 6.45) is 0.932. The number of likely N-dealkylation sites (tertiary alicyclic amines) is 1. The Morgan fingerprint density at radius 3 is 2.47 bits per heavy atom. The molecule has 1 aliphatic heterocycles. The van der Waals surface area contributed by atoms with Gasteiger partial charge in [-0.15, -0.1) is 0 Å². The Morgan fingerprint density at radius 2 is 1.88 bits per heavy atom. The van der Waals surface area contributed by atoms with E-state index in [1.54, 1.807) is 24.3 Å². The van der Waals surface area contributed by atoms with Crippen LogP contribution in [0.3, 0.4) is 0 Å². The molecule has 0 aliphatic carbocycles. The molecular weight excluding hydrogens is 217 g/mol. The number of piperidine rings is 1. The first kappa shape index (κ1) is 12.2. The molecule has 1 fully saturated rings. The molecule has 2 rings (SSSR count). The summed E-state index contributed by atoms with van der Waals surface area (Å²) in [5.41, 5.74) is -0.241. The minimum atomic E-state index is -1.34. The van der Waals surface area contributed by atoms with Crippen molar-refractivity contribution in [3.8, 4) is 0 Å². The van der Waals surface area contributed by atoms with Gasteiger partial charge in [0.2, 0.25) is 0 Å². The van der Waals surface area contributed by atoms with Gasteiger partial charge in [-0.3, -0.25) is 4.79 Å². The number of alkyl halides is 1. The van der Waals surface area contributed by atoms with Gasteiger partial charge in [0.05, 0.1) is 0 Å². The maximum Gasteiger partial charge on any atom is 0.160 e. The van der Waals surface area contributed by atoms with Crippen molar-refractivity contribution in [3.05, 3.63) is 35.4 Å². The van der Waals surface area contributed by atoms with Crippen LogP contribution in [0.2, 0.25) is 0 Å². The average molecular weight is 235 g/mol. The van der Waals surface area contributed by atoms with Gasteiger partial charge < -0.3 is 4.90 Å². The molecule has 1 aromatic carbocycles. The van der Waals surface area contributed by atoms with Gasteiger partial charge in [0.15, 0.2) is 5.78 Å². The second-order valence-corrected chi connectivity index (χ2v) is 4.87. The lowest BCUT2D eigenvalue weighted by molar-refractivity contribution is 0.0657. The first-order chi connectivity index (χ1) is 8.03. The second-order valence-electron chi connectivity index (χ2n) is 4.87. The van der Waals surface area contributed by atoms with Gasteiger partial charge in [-0.05, 0) is 32.4 Å². The van der Waals surface area contributed by atoms with Crippen LogP contribution in [-0.4, -0.2) is 30.8 Å². The lowest BCUT2D eigenvalue weighted by Crippen LogP contribution is -2.38. The Morgan fingerprint density at radius 1 is 1.29 bits per heavy atom. The predicted molar refractivity (Wildman–Crippen MR) is 66.0 cm³/mol. The third-order valence-corrected chi connectivity index (χ3v) is 3.57. The highest BCUT2D eigenvalue weighted by Crippen LogP contribution is 2.38. The van der Waals surface area contributed by atoms with Crippen LogP contribution in [0.4, 0.5) is 4.39 Å². The molecule has 0 unspecified atom stereocenters. The smallest absolute Gasteiger partial charge is 0.160 e. The monoisotopic (exact) mass is 235 g/mol. The highest BCUT2D eigenvalue weighted by Gasteiger charge is 2.37. The van der Waals surface area contributed by atoms with Gasteiger partial charge >= 0.3 is 0 Å². The minimum Gasteiger partial charge on any atom is -0.306 e. The van der Waals surface area contributed by atoms with Crippen molar-refractivity contribution in [2.75, 3.05) is 20.1 Å². The van der Waals surface area contributed by atoms with E-state index in [1.165, 1.54) is 6.92 Å². The summed E-state index contributed by atoms with van der Waals surface area (Å²) < 4.78 is 14.9. The van der Waals surface area contributed by atoms with Crippen LogP contribution in [0.5, 0.6) is 0 Å². The Kier molecular flexibility index (Phi) is 3.29. The number of halogens is 1. The summed E-state index contributed by atoms with van der Waals surface area (Å²) in [5, 5.41) is 0. The first-order valence-electron chi connectivity index (χ1n) is 6.01. The molecular formula is C14H18FNO. The van der Waals surface area contributed by atoms with Gasteiger partial charge in [0, 0.05) is 18.7 Å². The van der Waals surface area contributed by atoms with E-state index in [9.17, 15) is 9.18 Å². The van der Waals surface area contributed by atoms with Gasteiger partial charge in [-0.2, -0.15) is 0 Å². The first-order valence-corrected chi connectivity index (χ1v) is 6.01. The largest absolute Gasteiger partial charge is 0.306 e. The van der Waals surface area contributed by atoms with Crippen LogP contribution >= 0.6 is 0 Å². The van der Waals surface area contributed by atoms with E-state index in [1.807, 2.05) is 7.05 Å². The summed E-state index contributed by atoms with van der Waals surface area (Å²) in [6.45, 7) is 2.97. The van der Waals surface area contributed by atoms with E-state index < -0.39 is 5.67 Å². The highest BCUT2D eigenvalue weighted by atomic mass is 19.1. The normalized spacial score (nSPS) is 20.2. The van der Waals surface area contributed by atoms with E-state index in [0.717, 1.165) is 13.1 Å². The van der Waals surface area contributed by atoms with Crippen LogP contribution in [0.25, 0.3) is 0 Å². The van der Waals surface area contributed by atoms with Gasteiger partial charge in [-0.25, -0.2) is 4.39 Å². The summed E-state index contributed by atoms with van der Waals surface area (Å²) in [6, 6.07) is 7.07. The van der Waals surface area contributed by atoms with Crippen LogP contribution in [0.1, 0.15) is 35.7 Å². The van der Waals surface area contributed by atoms with Crippen molar-refractivity contribution in [2.24, 2.45) is 0 Å². The van der Waals surface area contributed by atoms with Crippen LogP contribution in [0, 0.1) is 0 Å². The molecule has 1 heterocycles. The molecule has 1 aromatic rings. The highest BCUT2D eigenvalue weighted by molar-refractivity contribution is 5.95. The second kappa shape index (κ2) is 4.57. The Labute approximate surface area is 101 Å². The summed E-state index contributed by atoms with van der Waals surface area (Å²) in [5.74, 6) is -0.0587. The van der Waals surface area contributed by atoms with Crippen molar-refractivity contribution in [1.29, 1.82) is 0 Å². The number of benzene rings is 1. The molecule has 0 amide bonds. The van der Waals surface area contributed by atoms with Crippen molar-refractivity contribution < 1.29 is 9.18 Å². The minimum absolute atomic E-state index is 0.0587. The summed E-state index contributed by atoms with van der Waals surface area (Å²) in [7, 11) is 2.00. The Hall–Kier alpha value is -1.22. The number of rotatable bonds is 2. The van der Waals surface area contributed by atoms with E-state index in [2.05, 4.69) is 4.90 Å². The maximum atomic E-state index is 14.9. The number of Topliss-reactive ketones (excluding diaryl/α,β-unsaturated/α-hetero) is 1. The van der Waals surface area contributed by atoms with Crippen molar-refractivity contribution in [2.45, 2.75) is 25.4 Å². The Bertz CT molecular complexity index is 422. The molecule has 92 valence electrons. The zero-order chi connectivity index (χ0) is 12.5. The number of nitrogens with zero attached hydrogens (tertiary/aromatic N) is 1. The van der Waals surface area contributed by atoms with Crippen molar-refractivity contribution >= 4 is 5.78 Å². The van der Waals surface area contributed by atoms with E-state index >= 15 is 0 Å². The zero-order valence-corrected chi connectivity index (χ0v) is 10.4. The van der Waals surface area contributed by atoms with Gasteiger partial charge in [0.25, 0.3) is 0 Å². The average Bonchev–Trinajstić information content (AvgIpc) is 2.33. The number of hydrogen-bond acceptors (Lipinski definition) is 2. The molecule has 0 radical (unpaired) electrons. The van der Waals surface area contributed by atoms with E-state index in [4.69, 9.17) is 0 Å². The molecule has 0 bridgehead atoms. The number of hydrogen-bond donors (Lipinski definition) is 0. The van der Waals surface area contributed by atoms with Gasteiger partial charge in [-0.1, -0.05) is 24.3 Å². The molecule has 0 N–H and O–H groups in total. The standard InChI is InChI=1S/C14H18FNO/c1-11(17)12-5-3-4-6-13(12)14(15)7-9-16(2)10-8-14/h3-6H,7-10H2,1-2H3. The number of carbonyl (C=O) groups excluding carboxylic acids is 1. The fourth-order valence-electron chi connectivity index (χ4n) is 2.42. The van der Waals surface area contributed by atoms with Crippen LogP contribution in [0.15, 0.2) is 24.3 Å². The van der Waals surface area contributed by atoms with Crippen LogP contribution < -0.4 is 0 Å². The Balaban J connectivity index is 2.36. The molecule has 1 saturated heterocycles. The van der Waals surface area contributed by atoms with Crippen molar-refractivity contribution in [1.82, 2.24) is 4.90 Å². The maximum absolute atomic E-state index is 14.9. The molecule has 0 atom stereocenters. The zero-order valence-electron chi connectivity index (χ0n) is 10.4. The molecule has 3 heteroatoms. The third-order valence-electron chi connectivity index (χ3n) is 3.57. The fraction of sp³-hybridized carbons (Fsp3) is 0.500. The SMILES string of the molecule is CC(=O)c1ccccc1C1(F)CCN(C)CC1. The number of carbonyl (C=O) groups is 1. The van der Waals surface area contributed by atoms with Crippen LogP contribution in [-0.2, 0) is 5.67 Å². The third kappa shape index (κ3) is 2.39. The molecule has 17 heavy (non-hydrogen) atoms. The predicted octanol–water partition coefficient (Wildman–Crippen LogP) is 2.78. The quantitative estimate of drug-likeness (QED) is 0.735. The number of ketones is 1. The summed E-state index contributed by atoms with van der Waals surface area (Å²) in [4.78, 5) is 13.7. The molecule has 0 saturated carbocycles. The lowest BCUT2D eigenvalue weighted by Gasteiger charge is -2.35. The summed E-state index contributed by atoms with van der Waals surface area (Å²) >= 11 is 0. The lowest BCUT2D eigenvalue weighted by atomic mass is 9.83. The molecule has 1 aliphatic rings. The molecule has 0 spiro atoms. The van der Waals surface area contributed by atoms with E-state index in [-0.39, 0.29) is 5.78 Å². The fourth-order valence-corrected chi connectivity index (χ4v) is 2.42. The van der Waals surface area contributed by atoms with E-state index in [0.29, 0.717) is 24.0 Å². The topological polar surface area (TPSA) is 20.3 Å². The van der Waals surface area contributed by atoms with Gasteiger partial charge in [0.1, 0.15) is 5.67 Å². The molecule has 0 aromatic heterocycles.